The number of sulfone groups is 1. The Morgan fingerprint density at radius 1 is 1.22 bits per heavy atom. The van der Waals surface area contributed by atoms with E-state index in [1.54, 1.807) is 0 Å². The quantitative estimate of drug-likeness (QED) is 0.853. The Bertz CT molecular complexity index is 655. The van der Waals surface area contributed by atoms with Crippen LogP contribution in [0.3, 0.4) is 0 Å². The molecular formula is C15H19F2NO4S. The number of aliphatic hydroxyl groups excluding tert-OH is 1. The third-order valence-electron chi connectivity index (χ3n) is 4.11. The van der Waals surface area contributed by atoms with Gasteiger partial charge in [-0.3, -0.25) is 4.79 Å². The van der Waals surface area contributed by atoms with Crippen molar-refractivity contribution >= 4 is 15.7 Å². The number of hydrogen-bond acceptors (Lipinski definition) is 4. The second kappa shape index (κ2) is 7.35. The minimum absolute atomic E-state index is 0.107. The fourth-order valence-corrected chi connectivity index (χ4v) is 3.68. The molecule has 1 amide bonds. The van der Waals surface area contributed by atoms with Crippen LogP contribution in [0.2, 0.25) is 0 Å². The summed E-state index contributed by atoms with van der Waals surface area (Å²) in [5.74, 6) is -4.02. The van der Waals surface area contributed by atoms with Gasteiger partial charge in [-0.15, -0.1) is 0 Å². The van der Waals surface area contributed by atoms with Gasteiger partial charge in [0.05, 0.1) is 10.5 Å². The van der Waals surface area contributed by atoms with Crippen LogP contribution < -0.4 is 5.32 Å². The predicted molar refractivity (Wildman–Crippen MR) is 79.9 cm³/mol. The van der Waals surface area contributed by atoms with Crippen molar-refractivity contribution in [3.8, 4) is 0 Å². The lowest BCUT2D eigenvalue weighted by Gasteiger charge is -2.28. The third-order valence-corrected chi connectivity index (χ3v) is 5.55. The molecule has 1 aromatic carbocycles. The number of benzene rings is 1. The van der Waals surface area contributed by atoms with E-state index in [1.807, 2.05) is 0 Å². The smallest absolute Gasteiger partial charge is 0.341 e. The van der Waals surface area contributed by atoms with Gasteiger partial charge in [0.15, 0.2) is 0 Å². The Morgan fingerprint density at radius 3 is 2.39 bits per heavy atom. The molecular weight excluding hydrogens is 328 g/mol. The first kappa shape index (κ1) is 17.8. The summed E-state index contributed by atoms with van der Waals surface area (Å²) < 4.78 is 48.8. The summed E-state index contributed by atoms with van der Waals surface area (Å²) in [5, 5.41) is 11.8. The van der Waals surface area contributed by atoms with Crippen molar-refractivity contribution in [1.82, 2.24) is 5.32 Å². The van der Waals surface area contributed by atoms with Gasteiger partial charge in [0.1, 0.15) is 0 Å². The number of hydrogen-bond donors (Lipinski definition) is 2. The van der Waals surface area contributed by atoms with Gasteiger partial charge in [-0.05, 0) is 43.7 Å². The van der Waals surface area contributed by atoms with Crippen LogP contribution in [0.1, 0.15) is 36.0 Å². The molecule has 0 heterocycles. The Hall–Kier alpha value is -1.54. The molecule has 23 heavy (non-hydrogen) atoms. The van der Waals surface area contributed by atoms with E-state index in [2.05, 4.69) is 5.32 Å². The Balaban J connectivity index is 2.15. The molecule has 0 spiro atoms. The maximum Gasteiger partial charge on any atom is 0.341 e. The molecule has 0 saturated heterocycles. The highest BCUT2D eigenvalue weighted by atomic mass is 32.2. The molecule has 128 valence electrons. The van der Waals surface area contributed by atoms with Crippen LogP contribution in [0, 0.1) is 5.92 Å². The van der Waals surface area contributed by atoms with Gasteiger partial charge < -0.3 is 10.4 Å². The van der Waals surface area contributed by atoms with E-state index < -0.39 is 26.4 Å². The van der Waals surface area contributed by atoms with Gasteiger partial charge in [0.25, 0.3) is 5.91 Å². The van der Waals surface area contributed by atoms with Gasteiger partial charge >= 0.3 is 5.76 Å². The van der Waals surface area contributed by atoms with Crippen LogP contribution in [-0.2, 0) is 9.84 Å². The van der Waals surface area contributed by atoms with Crippen molar-refractivity contribution in [3.05, 3.63) is 29.8 Å². The number of aliphatic hydroxyl groups is 1. The van der Waals surface area contributed by atoms with Crippen LogP contribution in [0.4, 0.5) is 8.78 Å². The maximum absolute atomic E-state index is 12.7. The van der Waals surface area contributed by atoms with Gasteiger partial charge in [-0.25, -0.2) is 8.42 Å². The largest absolute Gasteiger partial charge is 0.396 e. The lowest BCUT2D eigenvalue weighted by atomic mass is 9.86. The fourth-order valence-electron chi connectivity index (χ4n) is 2.75. The molecule has 1 aliphatic carbocycles. The van der Waals surface area contributed by atoms with Gasteiger partial charge in [-0.2, -0.15) is 8.78 Å². The average molecular weight is 347 g/mol. The Labute approximate surface area is 133 Å². The normalized spacial score (nSPS) is 22.1. The third kappa shape index (κ3) is 4.06. The first-order valence-corrected chi connectivity index (χ1v) is 8.93. The number of amides is 1. The number of carbonyl (C=O) groups excluding carboxylic acids is 1. The van der Waals surface area contributed by atoms with Crippen molar-refractivity contribution in [2.24, 2.45) is 5.92 Å². The Morgan fingerprint density at radius 2 is 1.83 bits per heavy atom. The molecule has 2 rings (SSSR count). The zero-order valence-corrected chi connectivity index (χ0v) is 13.2. The fraction of sp³-hybridized carbons (Fsp3) is 0.533. The summed E-state index contributed by atoms with van der Waals surface area (Å²) in [4.78, 5) is 11.6. The topological polar surface area (TPSA) is 83.5 Å². The number of alkyl halides is 2. The summed E-state index contributed by atoms with van der Waals surface area (Å²) in [6, 6.07) is 4.83. The zero-order chi connectivity index (χ0) is 17.0. The van der Waals surface area contributed by atoms with Gasteiger partial charge in [0, 0.05) is 12.6 Å². The number of carbonyl (C=O) groups is 1. The Kier molecular flexibility index (Phi) is 5.69. The molecule has 0 bridgehead atoms. The standard InChI is InChI=1S/C15H19F2NO4S/c16-15(17)23(21,22)13-4-2-1-3-12(13)14(20)18-11-7-5-10(9-19)6-8-11/h1-4,10-11,15,19H,5-9H2,(H,18,20). The summed E-state index contributed by atoms with van der Waals surface area (Å²) in [6.07, 6.45) is 2.86. The van der Waals surface area contributed by atoms with E-state index in [1.165, 1.54) is 18.2 Å². The average Bonchev–Trinajstić information content (AvgIpc) is 2.55. The lowest BCUT2D eigenvalue weighted by molar-refractivity contribution is 0.0910. The van der Waals surface area contributed by atoms with Crippen molar-refractivity contribution in [2.45, 2.75) is 42.4 Å². The molecule has 1 saturated carbocycles. The number of rotatable bonds is 5. The molecule has 0 aromatic heterocycles. The molecule has 2 N–H and O–H groups in total. The highest BCUT2D eigenvalue weighted by Gasteiger charge is 2.31. The van der Waals surface area contributed by atoms with E-state index in [-0.39, 0.29) is 24.1 Å². The van der Waals surface area contributed by atoms with Crippen molar-refractivity contribution in [2.75, 3.05) is 6.61 Å². The van der Waals surface area contributed by atoms with Crippen LogP contribution in [0.5, 0.6) is 0 Å². The van der Waals surface area contributed by atoms with Crippen LogP contribution >= 0.6 is 0 Å². The SMILES string of the molecule is O=C(NC1CCC(CO)CC1)c1ccccc1S(=O)(=O)C(F)F. The molecule has 1 fully saturated rings. The molecule has 0 atom stereocenters. The van der Waals surface area contributed by atoms with Gasteiger partial charge in [-0.1, -0.05) is 12.1 Å². The summed E-state index contributed by atoms with van der Waals surface area (Å²) in [7, 11) is -4.83. The van der Waals surface area contributed by atoms with E-state index in [4.69, 9.17) is 5.11 Å². The molecule has 0 unspecified atom stereocenters. The van der Waals surface area contributed by atoms with E-state index in [0.717, 1.165) is 18.9 Å². The molecule has 0 aliphatic heterocycles. The van der Waals surface area contributed by atoms with Crippen molar-refractivity contribution in [1.29, 1.82) is 0 Å². The summed E-state index contributed by atoms with van der Waals surface area (Å²) in [5.41, 5.74) is -0.267. The predicted octanol–water partition coefficient (Wildman–Crippen LogP) is 1.96. The minimum Gasteiger partial charge on any atom is -0.396 e. The van der Waals surface area contributed by atoms with Crippen molar-refractivity contribution < 1.29 is 27.1 Å². The summed E-state index contributed by atoms with van der Waals surface area (Å²) in [6.45, 7) is 0.107. The highest BCUT2D eigenvalue weighted by molar-refractivity contribution is 7.91. The van der Waals surface area contributed by atoms with E-state index >= 15 is 0 Å². The monoisotopic (exact) mass is 347 g/mol. The van der Waals surface area contributed by atoms with E-state index in [0.29, 0.717) is 12.8 Å². The van der Waals surface area contributed by atoms with E-state index in [9.17, 15) is 22.0 Å². The van der Waals surface area contributed by atoms with Gasteiger partial charge in [0.2, 0.25) is 9.84 Å². The van der Waals surface area contributed by atoms with Crippen molar-refractivity contribution in [3.63, 3.8) is 0 Å². The number of nitrogens with one attached hydrogen (secondary N) is 1. The maximum atomic E-state index is 12.7. The van der Waals surface area contributed by atoms with Crippen LogP contribution in [-0.4, -0.2) is 37.8 Å². The number of halogens is 2. The minimum atomic E-state index is -4.83. The summed E-state index contributed by atoms with van der Waals surface area (Å²) >= 11 is 0. The molecule has 5 nitrogen and oxygen atoms in total. The second-order valence-corrected chi connectivity index (χ2v) is 7.56. The molecule has 1 aliphatic rings. The molecule has 0 radical (unpaired) electrons. The zero-order valence-electron chi connectivity index (χ0n) is 12.4. The molecule has 8 heteroatoms. The molecule has 1 aromatic rings. The first-order valence-electron chi connectivity index (χ1n) is 7.39. The highest BCUT2D eigenvalue weighted by Crippen LogP contribution is 2.25. The van der Waals surface area contributed by atoms with Crippen LogP contribution in [0.15, 0.2) is 29.2 Å². The first-order chi connectivity index (χ1) is 10.9. The lowest BCUT2D eigenvalue weighted by Crippen LogP contribution is -2.38. The van der Waals surface area contributed by atoms with Crippen LogP contribution in [0.25, 0.3) is 0 Å². The second-order valence-electron chi connectivity index (χ2n) is 5.68.